The van der Waals surface area contributed by atoms with Crippen LogP contribution in [0.5, 0.6) is 0 Å². The first-order valence-electron chi connectivity index (χ1n) is 18.3. The van der Waals surface area contributed by atoms with Gasteiger partial charge in [0.2, 0.25) is 0 Å². The molecule has 6 rings (SSSR count). The lowest BCUT2D eigenvalue weighted by atomic mass is 9.94. The van der Waals surface area contributed by atoms with E-state index < -0.39 is 49.1 Å². The van der Waals surface area contributed by atoms with Gasteiger partial charge in [-0.15, -0.1) is 4.31 Å². The SMILES string of the molecule is CC(C)(C)[S@@+]([O-])N1Cc2cc(C(=O)NCC(F)(F)F)nc(-c3cccc(-c4cccnc4)c3)c2[C@H]1CCO[Si](c1ccccc1)(c1ccccc1)C(C)(C)C. The van der Waals surface area contributed by atoms with Gasteiger partial charge in [-0.25, -0.2) is 4.98 Å². The van der Waals surface area contributed by atoms with Gasteiger partial charge in [0.05, 0.1) is 18.3 Å². The highest BCUT2D eigenvalue weighted by atomic mass is 32.2. The summed E-state index contributed by atoms with van der Waals surface area (Å²) < 4.78 is 62.6. The second-order valence-electron chi connectivity index (χ2n) is 15.8. The van der Waals surface area contributed by atoms with Gasteiger partial charge in [-0.2, -0.15) is 13.2 Å². The molecule has 12 heteroatoms. The van der Waals surface area contributed by atoms with Crippen molar-refractivity contribution in [2.45, 2.75) is 76.5 Å². The van der Waals surface area contributed by atoms with Crippen LogP contribution in [0.3, 0.4) is 0 Å². The summed E-state index contributed by atoms with van der Waals surface area (Å²) in [5.74, 6) is -0.938. The number of fused-ring (bicyclic) bond motifs is 1. The molecule has 0 spiro atoms. The van der Waals surface area contributed by atoms with E-state index in [2.05, 4.69) is 50.0 Å². The third-order valence-electron chi connectivity index (χ3n) is 9.83. The number of benzene rings is 3. The van der Waals surface area contributed by atoms with Gasteiger partial charge in [-0.3, -0.25) is 9.78 Å². The van der Waals surface area contributed by atoms with Gasteiger partial charge in [0.1, 0.15) is 17.0 Å². The molecule has 0 bridgehead atoms. The molecular weight excluding hydrogens is 738 g/mol. The summed E-state index contributed by atoms with van der Waals surface area (Å²) in [6.07, 6.45) is -0.717. The molecule has 0 unspecified atom stereocenters. The third-order valence-corrected chi connectivity index (χ3v) is 16.7. The van der Waals surface area contributed by atoms with E-state index in [1.807, 2.05) is 103 Å². The standard InChI is InChI=1S/C43H47F3N4O3SSi/c1-41(2,3)54(52)50-28-33-26-36(40(51)48-29-43(44,45)46)49-39(31-16-13-15-30(25-31)32-17-14-23-47-27-32)38(33)37(50)22-24-53-55(42(4,5)6,34-18-9-7-10-19-34)35-20-11-8-12-21-35/h7-21,23,25-27,37H,22,24,28-29H2,1-6H3,(H,48,51)/t37-,54-/m1/s1. The number of alkyl halides is 3. The number of hydrogen-bond acceptors (Lipinski definition) is 6. The monoisotopic (exact) mass is 784 g/mol. The summed E-state index contributed by atoms with van der Waals surface area (Å²) in [6.45, 7) is 11.4. The molecule has 288 valence electrons. The number of nitrogens with zero attached hydrogens (tertiary/aromatic N) is 3. The summed E-state index contributed by atoms with van der Waals surface area (Å²) >= 11 is -1.51. The normalized spacial score (nSPS) is 15.8. The fraction of sp³-hybridized carbons (Fsp3) is 0.326. The Bertz CT molecular complexity index is 2050. The Morgan fingerprint density at radius 3 is 2.05 bits per heavy atom. The van der Waals surface area contributed by atoms with Crippen LogP contribution in [0.4, 0.5) is 13.2 Å². The first-order chi connectivity index (χ1) is 26.0. The van der Waals surface area contributed by atoms with Crippen molar-refractivity contribution in [3.63, 3.8) is 0 Å². The maximum absolute atomic E-state index is 14.4. The lowest BCUT2D eigenvalue weighted by molar-refractivity contribution is -0.123. The molecule has 55 heavy (non-hydrogen) atoms. The Balaban J connectivity index is 1.48. The van der Waals surface area contributed by atoms with Gasteiger partial charge in [-0.1, -0.05) is 106 Å². The molecule has 1 amide bonds. The molecule has 0 aliphatic carbocycles. The molecule has 0 saturated heterocycles. The molecule has 7 nitrogen and oxygen atoms in total. The number of carbonyl (C=O) groups excluding carboxylic acids is 1. The zero-order chi connectivity index (χ0) is 39.6. The number of halogens is 3. The van der Waals surface area contributed by atoms with Crippen LogP contribution in [0, 0.1) is 0 Å². The van der Waals surface area contributed by atoms with E-state index in [9.17, 15) is 22.5 Å². The largest absolute Gasteiger partial charge is 0.597 e. The first-order valence-corrected chi connectivity index (χ1v) is 21.3. The average Bonchev–Trinajstić information content (AvgIpc) is 3.52. The van der Waals surface area contributed by atoms with Gasteiger partial charge < -0.3 is 14.3 Å². The lowest BCUT2D eigenvalue weighted by Gasteiger charge is -2.43. The molecule has 1 aliphatic heterocycles. The molecule has 2 atom stereocenters. The topological polar surface area (TPSA) is 90.4 Å². The number of nitrogens with one attached hydrogen (secondary N) is 1. The maximum atomic E-state index is 14.4. The molecular formula is C43H47F3N4O3SSi. The fourth-order valence-corrected chi connectivity index (χ4v) is 13.4. The summed E-state index contributed by atoms with van der Waals surface area (Å²) in [4.78, 5) is 22.4. The molecule has 2 aromatic heterocycles. The van der Waals surface area contributed by atoms with Crippen molar-refractivity contribution >= 4 is 36.0 Å². The average molecular weight is 785 g/mol. The molecule has 1 aliphatic rings. The molecule has 3 heterocycles. The van der Waals surface area contributed by atoms with Crippen molar-refractivity contribution in [3.8, 4) is 22.4 Å². The van der Waals surface area contributed by atoms with Crippen molar-refractivity contribution in [1.29, 1.82) is 0 Å². The van der Waals surface area contributed by atoms with Crippen LogP contribution < -0.4 is 15.7 Å². The highest BCUT2D eigenvalue weighted by Crippen LogP contribution is 2.46. The van der Waals surface area contributed by atoms with Crippen LogP contribution in [0.15, 0.2) is 116 Å². The van der Waals surface area contributed by atoms with E-state index >= 15 is 0 Å². The quantitative estimate of drug-likeness (QED) is 0.107. The van der Waals surface area contributed by atoms with Crippen LogP contribution in [-0.4, -0.2) is 57.1 Å². The summed E-state index contributed by atoms with van der Waals surface area (Å²) in [5, 5.41) is 4.00. The number of pyridine rings is 2. The van der Waals surface area contributed by atoms with E-state index in [0.717, 1.165) is 27.1 Å². The van der Waals surface area contributed by atoms with Gasteiger partial charge in [0.15, 0.2) is 0 Å². The van der Waals surface area contributed by atoms with Crippen LogP contribution in [0.1, 0.15) is 75.6 Å². The number of hydrogen-bond donors (Lipinski definition) is 1. The van der Waals surface area contributed by atoms with E-state index in [1.54, 1.807) is 18.5 Å². The van der Waals surface area contributed by atoms with E-state index in [4.69, 9.17) is 9.41 Å². The zero-order valence-electron chi connectivity index (χ0n) is 32.0. The summed E-state index contributed by atoms with van der Waals surface area (Å²) in [5.41, 5.74) is 4.16. The third kappa shape index (κ3) is 8.73. The molecule has 0 saturated carbocycles. The van der Waals surface area contributed by atoms with Gasteiger partial charge in [-0.05, 0) is 71.9 Å². The minimum atomic E-state index is -4.59. The first kappa shape index (κ1) is 40.3. The fourth-order valence-electron chi connectivity index (χ4n) is 7.42. The van der Waals surface area contributed by atoms with Gasteiger partial charge >= 0.3 is 6.18 Å². The van der Waals surface area contributed by atoms with Crippen molar-refractivity contribution in [2.24, 2.45) is 0 Å². The minimum absolute atomic E-state index is 0.143. The molecule has 3 aromatic carbocycles. The number of carbonyl (C=O) groups is 1. The van der Waals surface area contributed by atoms with Crippen LogP contribution in [-0.2, 0) is 22.3 Å². The van der Waals surface area contributed by atoms with Gasteiger partial charge in [0, 0.05) is 47.1 Å². The highest BCUT2D eigenvalue weighted by Gasteiger charge is 2.51. The Labute approximate surface area is 325 Å². The Hall–Kier alpha value is -4.33. The van der Waals surface area contributed by atoms with Crippen molar-refractivity contribution in [3.05, 3.63) is 132 Å². The van der Waals surface area contributed by atoms with E-state index in [0.29, 0.717) is 29.8 Å². The second-order valence-corrected chi connectivity index (χ2v) is 22.3. The van der Waals surface area contributed by atoms with Gasteiger partial charge in [0.25, 0.3) is 14.2 Å². The van der Waals surface area contributed by atoms with Crippen LogP contribution in [0.25, 0.3) is 22.4 Å². The Morgan fingerprint density at radius 2 is 1.49 bits per heavy atom. The van der Waals surface area contributed by atoms with Crippen molar-refractivity contribution in [2.75, 3.05) is 13.2 Å². The molecule has 1 N–H and O–H groups in total. The number of rotatable bonds is 11. The smallest absolute Gasteiger partial charge is 0.405 e. The second kappa shape index (κ2) is 16.0. The van der Waals surface area contributed by atoms with Crippen molar-refractivity contribution in [1.82, 2.24) is 19.6 Å². The molecule has 0 radical (unpaired) electrons. The van der Waals surface area contributed by atoms with Crippen LogP contribution in [0.2, 0.25) is 5.04 Å². The minimum Gasteiger partial charge on any atom is -0.597 e. The zero-order valence-corrected chi connectivity index (χ0v) is 33.8. The lowest BCUT2D eigenvalue weighted by Crippen LogP contribution is -2.66. The van der Waals surface area contributed by atoms with E-state index in [1.165, 1.54) is 0 Å². The molecule has 5 aromatic rings. The maximum Gasteiger partial charge on any atom is 0.405 e. The summed E-state index contributed by atoms with van der Waals surface area (Å²) in [6, 6.07) is 33.2. The number of amides is 1. The Kier molecular flexibility index (Phi) is 11.8. The predicted octanol–water partition coefficient (Wildman–Crippen LogP) is 8.39. The number of aromatic nitrogens is 2. The van der Waals surface area contributed by atoms with Crippen molar-refractivity contribution < 1.29 is 26.9 Å². The Morgan fingerprint density at radius 1 is 0.873 bits per heavy atom. The summed E-state index contributed by atoms with van der Waals surface area (Å²) in [7, 11) is -2.93. The predicted molar refractivity (Wildman–Crippen MR) is 216 cm³/mol. The molecule has 0 fully saturated rings. The highest BCUT2D eigenvalue weighted by molar-refractivity contribution is 7.90. The van der Waals surface area contributed by atoms with Crippen LogP contribution >= 0.6 is 0 Å². The van der Waals surface area contributed by atoms with E-state index in [-0.39, 0.29) is 17.3 Å².